The third kappa shape index (κ3) is 3.44. The molecule has 2 saturated carbocycles. The van der Waals surface area contributed by atoms with Crippen LogP contribution < -0.4 is 10.1 Å². The van der Waals surface area contributed by atoms with Crippen LogP contribution in [0.5, 0.6) is 11.5 Å². The van der Waals surface area contributed by atoms with E-state index in [0.717, 1.165) is 48.5 Å². The fourth-order valence-electron chi connectivity index (χ4n) is 7.95. The number of halogens is 2. The van der Waals surface area contributed by atoms with Crippen LogP contribution in [0.4, 0.5) is 4.79 Å². The Morgan fingerprint density at radius 2 is 2.00 bits per heavy atom. The van der Waals surface area contributed by atoms with Crippen molar-refractivity contribution < 1.29 is 19.7 Å². The van der Waals surface area contributed by atoms with E-state index < -0.39 is 17.1 Å². The molecule has 202 valence electrons. The molecule has 0 aromatic heterocycles. The second kappa shape index (κ2) is 8.65. The van der Waals surface area contributed by atoms with Crippen LogP contribution in [0.1, 0.15) is 48.8 Å². The average Bonchev–Trinajstić information content (AvgIpc) is 3.64. The van der Waals surface area contributed by atoms with Crippen LogP contribution in [-0.2, 0) is 18.4 Å². The Kier molecular flexibility index (Phi) is 5.65. The molecule has 5 aliphatic rings. The minimum atomic E-state index is -0.968. The van der Waals surface area contributed by atoms with Gasteiger partial charge in [0.25, 0.3) is 0 Å². The van der Waals surface area contributed by atoms with Gasteiger partial charge in [-0.25, -0.2) is 4.79 Å². The Labute approximate surface area is 232 Å². The molecule has 2 aromatic carbocycles. The number of likely N-dealkylation sites (tertiary alicyclic amines) is 1. The standard InChI is InChI=1S/C29H33Cl2N3O4/c1-33(27(36)32-14-17-4-6-19(30)20(31)12-17)21-8-9-29(37)23-13-18-5-7-22(35)25-24(18)28(29,26(21)38-25)10-11-34(23)15-16-2-3-16/h4-7,12,16,21,23,26,35,37H,2-3,8-11,13-15H2,1H3,(H,32,36)/t21-,23-,26-,28-,29+/m0/s1. The number of benzene rings is 2. The summed E-state index contributed by atoms with van der Waals surface area (Å²) in [5, 5.41) is 27.3. The number of phenolic OH excluding ortho intramolecular Hbond substituents is 1. The predicted octanol–water partition coefficient (Wildman–Crippen LogP) is 4.47. The van der Waals surface area contributed by atoms with E-state index >= 15 is 0 Å². The zero-order chi connectivity index (χ0) is 26.4. The van der Waals surface area contributed by atoms with Crippen molar-refractivity contribution in [2.75, 3.05) is 20.1 Å². The van der Waals surface area contributed by atoms with E-state index in [1.165, 1.54) is 12.8 Å². The topological polar surface area (TPSA) is 85.3 Å². The van der Waals surface area contributed by atoms with Gasteiger partial charge in [0.2, 0.25) is 0 Å². The van der Waals surface area contributed by atoms with Crippen LogP contribution >= 0.6 is 23.2 Å². The summed E-state index contributed by atoms with van der Waals surface area (Å²) in [6, 6.07) is 8.58. The summed E-state index contributed by atoms with van der Waals surface area (Å²) in [5.74, 6) is 1.34. The Morgan fingerprint density at radius 1 is 1.18 bits per heavy atom. The molecule has 2 aliphatic heterocycles. The molecule has 9 heteroatoms. The number of likely N-dealkylation sites (N-methyl/N-ethyl adjacent to an activating group) is 1. The largest absolute Gasteiger partial charge is 0.504 e. The fraction of sp³-hybridized carbons (Fsp3) is 0.552. The van der Waals surface area contributed by atoms with Crippen LogP contribution in [0.25, 0.3) is 0 Å². The maximum Gasteiger partial charge on any atom is 0.317 e. The third-order valence-electron chi connectivity index (χ3n) is 9.98. The van der Waals surface area contributed by atoms with E-state index in [1.807, 2.05) is 12.1 Å². The van der Waals surface area contributed by atoms with Gasteiger partial charge < -0.3 is 25.2 Å². The van der Waals surface area contributed by atoms with Crippen molar-refractivity contribution in [1.29, 1.82) is 0 Å². The lowest BCUT2D eigenvalue weighted by atomic mass is 9.48. The van der Waals surface area contributed by atoms with Gasteiger partial charge in [-0.05, 0) is 80.3 Å². The number of ether oxygens (including phenoxy) is 1. The van der Waals surface area contributed by atoms with Gasteiger partial charge in [0.1, 0.15) is 6.10 Å². The number of nitrogens with one attached hydrogen (secondary N) is 1. The van der Waals surface area contributed by atoms with Crippen molar-refractivity contribution in [2.24, 2.45) is 5.92 Å². The first-order chi connectivity index (χ1) is 18.2. The molecule has 0 radical (unpaired) electrons. The highest BCUT2D eigenvalue weighted by molar-refractivity contribution is 6.42. The number of hydrogen-bond acceptors (Lipinski definition) is 5. The monoisotopic (exact) mass is 557 g/mol. The number of aromatic hydroxyl groups is 1. The second-order valence-corrected chi connectivity index (χ2v) is 12.7. The van der Waals surface area contributed by atoms with E-state index in [4.69, 9.17) is 27.9 Å². The quantitative estimate of drug-likeness (QED) is 0.505. The van der Waals surface area contributed by atoms with Crippen molar-refractivity contribution in [3.05, 3.63) is 57.1 Å². The number of nitrogens with zero attached hydrogens (tertiary/aromatic N) is 2. The van der Waals surface area contributed by atoms with Gasteiger partial charge in [0.05, 0.1) is 27.1 Å². The molecule has 3 fully saturated rings. The zero-order valence-electron chi connectivity index (χ0n) is 21.4. The SMILES string of the molecule is CN(C(=O)NCc1ccc(Cl)c(Cl)c1)[C@H]1CC[C@@]2(O)[C@@H]3Cc4ccc(O)c5c4[C@@]2(CCN3CC2CC2)[C@H]1O5. The number of amides is 2. The molecule has 0 unspecified atom stereocenters. The first-order valence-electron chi connectivity index (χ1n) is 13.7. The predicted molar refractivity (Wildman–Crippen MR) is 145 cm³/mol. The van der Waals surface area contributed by atoms with Gasteiger partial charge >= 0.3 is 6.03 Å². The molecule has 7 rings (SSSR count). The maximum absolute atomic E-state index is 13.4. The molecular weight excluding hydrogens is 525 g/mol. The van der Waals surface area contributed by atoms with E-state index in [0.29, 0.717) is 35.2 Å². The summed E-state index contributed by atoms with van der Waals surface area (Å²) >= 11 is 12.2. The van der Waals surface area contributed by atoms with E-state index in [9.17, 15) is 15.0 Å². The van der Waals surface area contributed by atoms with Crippen LogP contribution in [0.15, 0.2) is 30.3 Å². The number of hydrogen-bond donors (Lipinski definition) is 3. The molecule has 2 amide bonds. The number of carbonyl (C=O) groups excluding carboxylic acids is 1. The summed E-state index contributed by atoms with van der Waals surface area (Å²) in [4.78, 5) is 17.6. The van der Waals surface area contributed by atoms with Crippen molar-refractivity contribution in [2.45, 2.75) is 74.3 Å². The molecule has 2 aromatic rings. The number of aliphatic hydroxyl groups is 1. The number of phenols is 1. The average molecular weight is 559 g/mol. The van der Waals surface area contributed by atoms with Gasteiger partial charge in [-0.3, -0.25) is 4.90 Å². The van der Waals surface area contributed by atoms with E-state index in [-0.39, 0.29) is 23.9 Å². The summed E-state index contributed by atoms with van der Waals surface area (Å²) < 4.78 is 6.60. The van der Waals surface area contributed by atoms with Gasteiger partial charge in [-0.1, -0.05) is 35.3 Å². The van der Waals surface area contributed by atoms with Gasteiger partial charge in [0, 0.05) is 31.7 Å². The van der Waals surface area contributed by atoms with Gasteiger partial charge in [-0.2, -0.15) is 0 Å². The molecule has 5 atom stereocenters. The molecule has 3 N–H and O–H groups in total. The lowest BCUT2D eigenvalue weighted by Gasteiger charge is -2.64. The third-order valence-corrected chi connectivity index (χ3v) is 10.7. The summed E-state index contributed by atoms with van der Waals surface area (Å²) in [7, 11) is 1.80. The van der Waals surface area contributed by atoms with E-state index in [2.05, 4.69) is 10.2 Å². The molecular formula is C29H33Cl2N3O4. The van der Waals surface area contributed by atoms with Crippen molar-refractivity contribution in [3.8, 4) is 11.5 Å². The zero-order valence-corrected chi connectivity index (χ0v) is 22.9. The Morgan fingerprint density at radius 3 is 2.76 bits per heavy atom. The molecule has 7 nitrogen and oxygen atoms in total. The Bertz CT molecular complexity index is 1320. The first-order valence-corrected chi connectivity index (χ1v) is 14.4. The number of rotatable bonds is 5. The number of urea groups is 1. The number of piperidine rings is 1. The fourth-order valence-corrected chi connectivity index (χ4v) is 8.28. The first kappa shape index (κ1) is 24.8. The molecule has 2 bridgehead atoms. The highest BCUT2D eigenvalue weighted by Crippen LogP contribution is 2.66. The normalized spacial score (nSPS) is 32.9. The summed E-state index contributed by atoms with van der Waals surface area (Å²) in [6.45, 7) is 2.24. The lowest BCUT2D eigenvalue weighted by Crippen LogP contribution is -2.78. The molecule has 1 saturated heterocycles. The summed E-state index contributed by atoms with van der Waals surface area (Å²) in [6.07, 6.45) is 4.83. The maximum atomic E-state index is 13.4. The second-order valence-electron chi connectivity index (χ2n) is 11.9. The lowest BCUT2D eigenvalue weighted by molar-refractivity contribution is -0.197. The Balaban J connectivity index is 1.20. The molecule has 2 heterocycles. The van der Waals surface area contributed by atoms with Crippen molar-refractivity contribution in [1.82, 2.24) is 15.1 Å². The highest BCUT2D eigenvalue weighted by atomic mass is 35.5. The molecule has 1 spiro atoms. The van der Waals surface area contributed by atoms with Gasteiger partial charge in [0.15, 0.2) is 11.5 Å². The van der Waals surface area contributed by atoms with Crippen molar-refractivity contribution in [3.63, 3.8) is 0 Å². The summed E-state index contributed by atoms with van der Waals surface area (Å²) in [5.41, 5.74) is 1.37. The smallest absolute Gasteiger partial charge is 0.317 e. The van der Waals surface area contributed by atoms with Crippen LogP contribution in [-0.4, -0.2) is 70.0 Å². The van der Waals surface area contributed by atoms with E-state index in [1.54, 1.807) is 30.1 Å². The molecule has 3 aliphatic carbocycles. The Hall–Kier alpha value is -2.19. The minimum absolute atomic E-state index is 0.0145. The number of carbonyl (C=O) groups is 1. The van der Waals surface area contributed by atoms with Gasteiger partial charge in [-0.15, -0.1) is 0 Å². The highest BCUT2D eigenvalue weighted by Gasteiger charge is 2.73. The van der Waals surface area contributed by atoms with Crippen molar-refractivity contribution >= 4 is 29.2 Å². The van der Waals surface area contributed by atoms with Crippen LogP contribution in [0.3, 0.4) is 0 Å². The minimum Gasteiger partial charge on any atom is -0.504 e. The van der Waals surface area contributed by atoms with Crippen LogP contribution in [0, 0.1) is 5.92 Å². The van der Waals surface area contributed by atoms with Crippen LogP contribution in [0.2, 0.25) is 10.0 Å². The molecule has 38 heavy (non-hydrogen) atoms.